The second kappa shape index (κ2) is 5.14. The Morgan fingerprint density at radius 1 is 1.65 bits per heavy atom. The molecule has 1 atom stereocenters. The predicted octanol–water partition coefficient (Wildman–Crippen LogP) is 1.97. The zero-order valence-corrected chi connectivity index (χ0v) is 11.3. The number of nitrogen functional groups attached to an aromatic ring is 1. The highest BCUT2D eigenvalue weighted by Gasteiger charge is 2.18. The van der Waals surface area contributed by atoms with Gasteiger partial charge in [0.15, 0.2) is 0 Å². The summed E-state index contributed by atoms with van der Waals surface area (Å²) in [6.45, 7) is 7.46. The quantitative estimate of drug-likeness (QED) is 0.638. The number of thiazole rings is 1. The van der Waals surface area contributed by atoms with E-state index in [1.807, 2.05) is 6.92 Å². The molecule has 0 bridgehead atoms. The number of hydrogen-bond acceptors (Lipinski definition) is 4. The lowest BCUT2D eigenvalue weighted by Gasteiger charge is -2.29. The number of aromatic nitrogens is 1. The molecule has 3 N–H and O–H groups in total. The number of likely N-dealkylation sites (tertiary alicyclic amines) is 1. The van der Waals surface area contributed by atoms with Gasteiger partial charge in [0.1, 0.15) is 10.8 Å². The average Bonchev–Trinajstić information content (AvgIpc) is 2.59. The molecule has 0 saturated carbocycles. The van der Waals surface area contributed by atoms with Gasteiger partial charge in [0.2, 0.25) is 0 Å². The van der Waals surface area contributed by atoms with Crippen LogP contribution < -0.4 is 5.73 Å². The molecule has 1 aromatic rings. The van der Waals surface area contributed by atoms with Crippen LogP contribution in [0.4, 0.5) is 0 Å². The largest absolute Gasteiger partial charge is 0.383 e. The van der Waals surface area contributed by atoms with Crippen molar-refractivity contribution in [1.29, 1.82) is 5.41 Å². The highest BCUT2D eigenvalue weighted by Crippen LogP contribution is 2.22. The van der Waals surface area contributed by atoms with Gasteiger partial charge in [0.05, 0.1) is 17.1 Å². The Kier molecular flexibility index (Phi) is 3.79. The third-order valence-electron chi connectivity index (χ3n) is 3.19. The monoisotopic (exact) mass is 252 g/mol. The van der Waals surface area contributed by atoms with Crippen molar-refractivity contribution in [2.24, 2.45) is 11.7 Å². The minimum atomic E-state index is 0.137. The SMILES string of the molecule is Cc1nc(CN2CCCC(C)C2)sc1C(=N)N. The van der Waals surface area contributed by atoms with Gasteiger partial charge in [-0.1, -0.05) is 6.92 Å². The van der Waals surface area contributed by atoms with Crippen LogP contribution in [-0.4, -0.2) is 28.8 Å². The Labute approximate surface area is 106 Å². The number of rotatable bonds is 3. The molecule has 1 saturated heterocycles. The molecular weight excluding hydrogens is 232 g/mol. The molecule has 0 amide bonds. The number of hydrogen-bond donors (Lipinski definition) is 2. The van der Waals surface area contributed by atoms with Crippen LogP contribution in [0.3, 0.4) is 0 Å². The first-order valence-electron chi connectivity index (χ1n) is 6.09. The van der Waals surface area contributed by atoms with Crippen LogP contribution in [0.5, 0.6) is 0 Å². The van der Waals surface area contributed by atoms with Gasteiger partial charge in [0, 0.05) is 6.54 Å². The van der Waals surface area contributed by atoms with Gasteiger partial charge in [-0.15, -0.1) is 11.3 Å². The first-order chi connectivity index (χ1) is 8.06. The number of nitrogens with one attached hydrogen (secondary N) is 1. The van der Waals surface area contributed by atoms with Gasteiger partial charge in [0.25, 0.3) is 0 Å². The summed E-state index contributed by atoms with van der Waals surface area (Å²) in [5, 5.41) is 8.56. The van der Waals surface area contributed by atoms with Crippen molar-refractivity contribution < 1.29 is 0 Å². The van der Waals surface area contributed by atoms with Crippen molar-refractivity contribution in [3.8, 4) is 0 Å². The standard InChI is InChI=1S/C12H20N4S/c1-8-4-3-5-16(6-8)7-10-15-9(2)11(17-10)12(13)14/h8H,3-7H2,1-2H3,(H3,13,14). The van der Waals surface area contributed by atoms with Crippen LogP contribution in [0.1, 0.15) is 35.3 Å². The molecule has 17 heavy (non-hydrogen) atoms. The molecule has 1 unspecified atom stereocenters. The zero-order chi connectivity index (χ0) is 12.4. The summed E-state index contributed by atoms with van der Waals surface area (Å²) in [5.41, 5.74) is 6.41. The highest BCUT2D eigenvalue weighted by atomic mass is 32.1. The maximum Gasteiger partial charge on any atom is 0.135 e. The number of amidine groups is 1. The number of piperidine rings is 1. The maximum absolute atomic E-state index is 7.48. The van der Waals surface area contributed by atoms with Crippen LogP contribution >= 0.6 is 11.3 Å². The molecule has 0 aliphatic carbocycles. The summed E-state index contributed by atoms with van der Waals surface area (Å²) in [7, 11) is 0. The molecule has 2 heterocycles. The highest BCUT2D eigenvalue weighted by molar-refractivity contribution is 7.13. The van der Waals surface area contributed by atoms with Gasteiger partial charge in [-0.25, -0.2) is 4.98 Å². The van der Waals surface area contributed by atoms with Crippen molar-refractivity contribution in [2.45, 2.75) is 33.2 Å². The first-order valence-corrected chi connectivity index (χ1v) is 6.91. The van der Waals surface area contributed by atoms with Crippen molar-refractivity contribution in [3.63, 3.8) is 0 Å². The molecular formula is C12H20N4S. The molecule has 94 valence electrons. The van der Waals surface area contributed by atoms with Gasteiger partial charge >= 0.3 is 0 Å². The van der Waals surface area contributed by atoms with Crippen molar-refractivity contribution in [2.75, 3.05) is 13.1 Å². The van der Waals surface area contributed by atoms with E-state index >= 15 is 0 Å². The molecule has 1 aliphatic heterocycles. The van der Waals surface area contributed by atoms with E-state index in [0.717, 1.165) is 34.6 Å². The zero-order valence-electron chi connectivity index (χ0n) is 10.5. The van der Waals surface area contributed by atoms with E-state index in [4.69, 9.17) is 11.1 Å². The molecule has 0 radical (unpaired) electrons. The summed E-state index contributed by atoms with van der Waals surface area (Å²) in [6.07, 6.45) is 2.62. The Morgan fingerprint density at radius 2 is 2.41 bits per heavy atom. The number of nitrogens with zero attached hydrogens (tertiary/aromatic N) is 2. The molecule has 1 aromatic heterocycles. The van der Waals surface area contributed by atoms with Crippen LogP contribution in [0.15, 0.2) is 0 Å². The van der Waals surface area contributed by atoms with Crippen molar-refractivity contribution in [1.82, 2.24) is 9.88 Å². The van der Waals surface area contributed by atoms with Gasteiger partial charge < -0.3 is 5.73 Å². The predicted molar refractivity (Wildman–Crippen MR) is 71.5 cm³/mol. The fourth-order valence-electron chi connectivity index (χ4n) is 2.39. The Hall–Kier alpha value is -0.940. The van der Waals surface area contributed by atoms with Crippen LogP contribution in [0.25, 0.3) is 0 Å². The Balaban J connectivity index is 2.03. The second-order valence-corrected chi connectivity index (χ2v) is 6.00. The maximum atomic E-state index is 7.48. The lowest BCUT2D eigenvalue weighted by Crippen LogP contribution is -2.33. The Morgan fingerprint density at radius 3 is 3.00 bits per heavy atom. The molecule has 4 nitrogen and oxygen atoms in total. The summed E-state index contributed by atoms with van der Waals surface area (Å²) in [5.74, 6) is 0.926. The fraction of sp³-hybridized carbons (Fsp3) is 0.667. The van der Waals surface area contributed by atoms with E-state index in [2.05, 4.69) is 16.8 Å². The van der Waals surface area contributed by atoms with Crippen LogP contribution in [0, 0.1) is 18.3 Å². The Bertz CT molecular complexity index is 413. The minimum Gasteiger partial charge on any atom is -0.383 e. The van der Waals surface area contributed by atoms with Crippen molar-refractivity contribution >= 4 is 17.2 Å². The minimum absolute atomic E-state index is 0.137. The first kappa shape index (κ1) is 12.5. The molecule has 2 rings (SSSR count). The van der Waals surface area contributed by atoms with E-state index in [1.165, 1.54) is 19.4 Å². The average molecular weight is 252 g/mol. The third-order valence-corrected chi connectivity index (χ3v) is 4.36. The topological polar surface area (TPSA) is 66.0 Å². The summed E-state index contributed by atoms with van der Waals surface area (Å²) < 4.78 is 0. The number of nitrogens with two attached hydrogens (primary N) is 1. The lowest BCUT2D eigenvalue weighted by molar-refractivity contribution is 0.176. The van der Waals surface area contributed by atoms with Crippen LogP contribution in [0.2, 0.25) is 0 Å². The molecule has 0 aromatic carbocycles. The van der Waals surface area contributed by atoms with Gasteiger partial charge in [-0.3, -0.25) is 10.3 Å². The second-order valence-electron chi connectivity index (χ2n) is 4.92. The normalized spacial score (nSPS) is 21.6. The summed E-state index contributed by atoms with van der Waals surface area (Å²) >= 11 is 1.56. The summed E-state index contributed by atoms with van der Waals surface area (Å²) in [4.78, 5) is 7.79. The van der Waals surface area contributed by atoms with E-state index in [9.17, 15) is 0 Å². The molecule has 1 fully saturated rings. The third kappa shape index (κ3) is 3.04. The van der Waals surface area contributed by atoms with Gasteiger partial charge in [-0.05, 0) is 32.2 Å². The smallest absolute Gasteiger partial charge is 0.135 e. The lowest BCUT2D eigenvalue weighted by atomic mass is 10.0. The van der Waals surface area contributed by atoms with Gasteiger partial charge in [-0.2, -0.15) is 0 Å². The number of aryl methyl sites for hydroxylation is 1. The molecule has 5 heteroatoms. The summed E-state index contributed by atoms with van der Waals surface area (Å²) in [6, 6.07) is 0. The fourth-order valence-corrected chi connectivity index (χ4v) is 3.36. The molecule has 0 spiro atoms. The van der Waals surface area contributed by atoms with Crippen LogP contribution in [-0.2, 0) is 6.54 Å². The molecule has 1 aliphatic rings. The van der Waals surface area contributed by atoms with Crippen molar-refractivity contribution in [3.05, 3.63) is 15.6 Å². The van der Waals surface area contributed by atoms with E-state index in [0.29, 0.717) is 0 Å². The van der Waals surface area contributed by atoms with E-state index < -0.39 is 0 Å². The van der Waals surface area contributed by atoms with E-state index in [1.54, 1.807) is 11.3 Å². The van der Waals surface area contributed by atoms with E-state index in [-0.39, 0.29) is 5.84 Å².